The molecule has 1 aromatic heterocycles. The van der Waals surface area contributed by atoms with Gasteiger partial charge in [0, 0.05) is 19.3 Å². The van der Waals surface area contributed by atoms with E-state index in [-0.39, 0.29) is 12.0 Å². The molecule has 2 rings (SSSR count). The number of piperidine rings is 1. The molecule has 0 atom stereocenters. The van der Waals surface area contributed by atoms with E-state index in [1.165, 1.54) is 0 Å². The summed E-state index contributed by atoms with van der Waals surface area (Å²) in [6.07, 6.45) is 2.07. The summed E-state index contributed by atoms with van der Waals surface area (Å²) in [7, 11) is 0. The molecule has 1 saturated heterocycles. The molecule has 1 aliphatic heterocycles. The van der Waals surface area contributed by atoms with E-state index in [0.29, 0.717) is 31.7 Å². The molecular formula is C17H26N4O3. The van der Waals surface area contributed by atoms with Crippen LogP contribution in [0, 0.1) is 6.92 Å². The van der Waals surface area contributed by atoms with E-state index in [1.54, 1.807) is 17.2 Å². The van der Waals surface area contributed by atoms with Crippen LogP contribution in [-0.4, -0.2) is 46.1 Å². The summed E-state index contributed by atoms with van der Waals surface area (Å²) in [6, 6.07) is 3.61. The van der Waals surface area contributed by atoms with Gasteiger partial charge in [-0.2, -0.15) is 0 Å². The van der Waals surface area contributed by atoms with Crippen LogP contribution in [0.4, 0.5) is 10.6 Å². The summed E-state index contributed by atoms with van der Waals surface area (Å²) < 4.78 is 5.35. The highest BCUT2D eigenvalue weighted by Crippen LogP contribution is 2.23. The quantitative estimate of drug-likeness (QED) is 0.863. The number of nitrogens with one attached hydrogen (secondary N) is 1. The van der Waals surface area contributed by atoms with E-state index in [2.05, 4.69) is 10.3 Å². The van der Waals surface area contributed by atoms with Gasteiger partial charge in [-0.1, -0.05) is 6.07 Å². The van der Waals surface area contributed by atoms with Gasteiger partial charge in [0.05, 0.1) is 5.54 Å². The number of pyridine rings is 1. The minimum Gasteiger partial charge on any atom is -0.444 e. The highest BCUT2D eigenvalue weighted by atomic mass is 16.6. The third kappa shape index (κ3) is 4.67. The van der Waals surface area contributed by atoms with Gasteiger partial charge in [0.15, 0.2) is 0 Å². The van der Waals surface area contributed by atoms with E-state index in [4.69, 9.17) is 10.5 Å². The molecule has 0 spiro atoms. The van der Waals surface area contributed by atoms with Crippen molar-refractivity contribution in [2.24, 2.45) is 5.73 Å². The van der Waals surface area contributed by atoms with Crippen molar-refractivity contribution in [2.75, 3.05) is 18.4 Å². The Morgan fingerprint density at radius 2 is 1.92 bits per heavy atom. The van der Waals surface area contributed by atoms with Crippen molar-refractivity contribution in [3.63, 3.8) is 0 Å². The second-order valence-electron chi connectivity index (χ2n) is 7.30. The molecule has 1 fully saturated rings. The molecule has 0 radical (unpaired) electrons. The molecule has 0 aromatic carbocycles. The van der Waals surface area contributed by atoms with Crippen molar-refractivity contribution in [2.45, 2.75) is 51.7 Å². The summed E-state index contributed by atoms with van der Waals surface area (Å²) in [6.45, 7) is 8.17. The van der Waals surface area contributed by atoms with Crippen LogP contribution < -0.4 is 11.1 Å². The van der Waals surface area contributed by atoms with Crippen LogP contribution in [0.25, 0.3) is 0 Å². The molecule has 1 aromatic rings. The van der Waals surface area contributed by atoms with E-state index in [1.807, 2.05) is 33.8 Å². The lowest BCUT2D eigenvalue weighted by Crippen LogP contribution is -2.58. The maximum Gasteiger partial charge on any atom is 0.410 e. The van der Waals surface area contributed by atoms with Gasteiger partial charge in [-0.05, 0) is 52.2 Å². The fourth-order valence-corrected chi connectivity index (χ4v) is 2.42. The second kappa shape index (κ2) is 6.76. The zero-order chi connectivity index (χ0) is 18.0. The van der Waals surface area contributed by atoms with Gasteiger partial charge >= 0.3 is 6.09 Å². The molecule has 3 N–H and O–H groups in total. The van der Waals surface area contributed by atoms with Gasteiger partial charge in [0.25, 0.3) is 0 Å². The van der Waals surface area contributed by atoms with Crippen LogP contribution >= 0.6 is 0 Å². The predicted octanol–water partition coefficient (Wildman–Crippen LogP) is 2.06. The maximum absolute atomic E-state index is 12.5. The van der Waals surface area contributed by atoms with Crippen molar-refractivity contribution < 1.29 is 14.3 Å². The normalized spacial score (nSPS) is 17.3. The van der Waals surface area contributed by atoms with Gasteiger partial charge in [0.1, 0.15) is 11.4 Å². The van der Waals surface area contributed by atoms with Gasteiger partial charge in [0.2, 0.25) is 5.91 Å². The number of hydrogen-bond donors (Lipinski definition) is 2. The highest BCUT2D eigenvalue weighted by molar-refractivity contribution is 5.97. The summed E-state index contributed by atoms with van der Waals surface area (Å²) in [5, 5.41) is 2.75. The number of hydrogen-bond acceptors (Lipinski definition) is 5. The number of carbonyl (C=O) groups is 2. The topological polar surface area (TPSA) is 97.6 Å². The number of amides is 2. The Bertz CT molecular complexity index is 599. The summed E-state index contributed by atoms with van der Waals surface area (Å²) >= 11 is 0. The summed E-state index contributed by atoms with van der Waals surface area (Å²) in [5.41, 5.74) is 5.72. The fraction of sp³-hybridized carbons (Fsp3) is 0.588. The van der Waals surface area contributed by atoms with E-state index in [0.717, 1.165) is 5.56 Å². The fourth-order valence-electron chi connectivity index (χ4n) is 2.42. The second-order valence-corrected chi connectivity index (χ2v) is 7.30. The first-order valence-corrected chi connectivity index (χ1v) is 8.10. The van der Waals surface area contributed by atoms with Crippen LogP contribution in [0.5, 0.6) is 0 Å². The Morgan fingerprint density at radius 3 is 2.42 bits per heavy atom. The van der Waals surface area contributed by atoms with E-state index < -0.39 is 11.1 Å². The van der Waals surface area contributed by atoms with Crippen LogP contribution in [-0.2, 0) is 9.53 Å². The summed E-state index contributed by atoms with van der Waals surface area (Å²) in [5.74, 6) is 0.202. The Morgan fingerprint density at radius 1 is 1.29 bits per heavy atom. The minimum absolute atomic E-state index is 0.275. The Kier molecular flexibility index (Phi) is 5.13. The molecule has 0 aliphatic carbocycles. The van der Waals surface area contributed by atoms with Crippen molar-refractivity contribution in [3.8, 4) is 0 Å². The predicted molar refractivity (Wildman–Crippen MR) is 91.6 cm³/mol. The van der Waals surface area contributed by atoms with Gasteiger partial charge in [-0.3, -0.25) is 4.79 Å². The smallest absolute Gasteiger partial charge is 0.410 e. The average molecular weight is 334 g/mol. The van der Waals surface area contributed by atoms with Crippen molar-refractivity contribution in [3.05, 3.63) is 23.9 Å². The number of aromatic nitrogens is 1. The van der Waals surface area contributed by atoms with Gasteiger partial charge in [-0.25, -0.2) is 9.78 Å². The van der Waals surface area contributed by atoms with Crippen LogP contribution in [0.1, 0.15) is 39.2 Å². The largest absolute Gasteiger partial charge is 0.444 e. The average Bonchev–Trinajstić information content (AvgIpc) is 2.48. The lowest BCUT2D eigenvalue weighted by Gasteiger charge is -2.38. The van der Waals surface area contributed by atoms with E-state index in [9.17, 15) is 9.59 Å². The Hall–Kier alpha value is -2.15. The first kappa shape index (κ1) is 18.2. The summed E-state index contributed by atoms with van der Waals surface area (Å²) in [4.78, 5) is 30.3. The molecular weight excluding hydrogens is 308 g/mol. The Balaban J connectivity index is 1.92. The number of rotatable bonds is 2. The first-order valence-electron chi connectivity index (χ1n) is 8.10. The monoisotopic (exact) mass is 334 g/mol. The number of carbonyl (C=O) groups excluding carboxylic acids is 2. The molecule has 0 unspecified atom stereocenters. The molecule has 24 heavy (non-hydrogen) atoms. The van der Waals surface area contributed by atoms with E-state index >= 15 is 0 Å². The van der Waals surface area contributed by atoms with Crippen LogP contribution in [0.3, 0.4) is 0 Å². The SMILES string of the molecule is Cc1ccc(NC(=O)C2(N)CCN(C(=O)OC(C)(C)C)CC2)nc1. The molecule has 0 saturated carbocycles. The third-order valence-electron chi connectivity index (χ3n) is 3.91. The number of nitrogens with two attached hydrogens (primary N) is 1. The number of aryl methyl sites for hydroxylation is 1. The lowest BCUT2D eigenvalue weighted by atomic mass is 9.88. The number of ether oxygens (including phenoxy) is 1. The van der Waals surface area contributed by atoms with Gasteiger partial charge in [-0.15, -0.1) is 0 Å². The van der Waals surface area contributed by atoms with Crippen LogP contribution in [0.2, 0.25) is 0 Å². The zero-order valence-corrected chi connectivity index (χ0v) is 14.8. The molecule has 0 bridgehead atoms. The van der Waals surface area contributed by atoms with Crippen LogP contribution in [0.15, 0.2) is 18.3 Å². The minimum atomic E-state index is -1.01. The molecule has 2 heterocycles. The number of nitrogens with zero attached hydrogens (tertiary/aromatic N) is 2. The number of likely N-dealkylation sites (tertiary alicyclic amines) is 1. The molecule has 7 heteroatoms. The van der Waals surface area contributed by atoms with Crippen molar-refractivity contribution in [1.29, 1.82) is 0 Å². The molecule has 1 aliphatic rings. The highest BCUT2D eigenvalue weighted by Gasteiger charge is 2.39. The maximum atomic E-state index is 12.5. The Labute approximate surface area is 142 Å². The first-order chi connectivity index (χ1) is 11.1. The number of anilines is 1. The van der Waals surface area contributed by atoms with Crippen molar-refractivity contribution in [1.82, 2.24) is 9.88 Å². The van der Waals surface area contributed by atoms with Crippen molar-refractivity contribution >= 4 is 17.8 Å². The lowest BCUT2D eigenvalue weighted by molar-refractivity contribution is -0.122. The third-order valence-corrected chi connectivity index (χ3v) is 3.91. The molecule has 2 amide bonds. The van der Waals surface area contributed by atoms with Gasteiger partial charge < -0.3 is 20.7 Å². The molecule has 132 valence electrons. The zero-order valence-electron chi connectivity index (χ0n) is 14.8. The molecule has 7 nitrogen and oxygen atoms in total. The standard InChI is InChI=1S/C17H26N4O3/c1-12-5-6-13(19-11-12)20-14(22)17(18)7-9-21(10-8-17)15(23)24-16(2,3)4/h5-6,11H,7-10,18H2,1-4H3,(H,19,20,22).